The van der Waals surface area contributed by atoms with Crippen LogP contribution in [0.2, 0.25) is 0 Å². The van der Waals surface area contributed by atoms with Crippen molar-refractivity contribution in [1.29, 1.82) is 0 Å². The second-order valence-corrected chi connectivity index (χ2v) is 4.81. The maximum atomic E-state index is 5.43. The maximum absolute atomic E-state index is 5.43. The molecule has 0 amide bonds. The third-order valence-corrected chi connectivity index (χ3v) is 3.58. The molecule has 1 saturated heterocycles. The predicted octanol–water partition coefficient (Wildman–Crippen LogP) is 2.53. The van der Waals surface area contributed by atoms with E-state index in [-0.39, 0.29) is 0 Å². The molecule has 2 atom stereocenters. The molecule has 0 aromatic heterocycles. The zero-order valence-electron chi connectivity index (χ0n) is 10.1. The van der Waals surface area contributed by atoms with Crippen LogP contribution in [0.4, 0.5) is 0 Å². The molecule has 1 aliphatic heterocycles. The van der Waals surface area contributed by atoms with Crippen LogP contribution in [-0.4, -0.2) is 37.2 Å². The molecule has 14 heavy (non-hydrogen) atoms. The van der Waals surface area contributed by atoms with Crippen LogP contribution in [0.15, 0.2) is 0 Å². The summed E-state index contributed by atoms with van der Waals surface area (Å²) >= 11 is 0. The Morgan fingerprint density at radius 2 is 1.86 bits per heavy atom. The molecule has 0 N–H and O–H groups in total. The van der Waals surface area contributed by atoms with Gasteiger partial charge in [-0.15, -0.1) is 0 Å². The summed E-state index contributed by atoms with van der Waals surface area (Å²) in [5.41, 5.74) is 0. The van der Waals surface area contributed by atoms with Gasteiger partial charge in [-0.2, -0.15) is 0 Å². The van der Waals surface area contributed by atoms with Crippen LogP contribution in [-0.2, 0) is 4.74 Å². The van der Waals surface area contributed by atoms with E-state index in [9.17, 15) is 0 Å². The van der Waals surface area contributed by atoms with Crippen molar-refractivity contribution in [3.8, 4) is 0 Å². The Morgan fingerprint density at radius 3 is 2.43 bits per heavy atom. The van der Waals surface area contributed by atoms with Crippen LogP contribution in [0.3, 0.4) is 0 Å². The number of likely N-dealkylation sites (tertiary alicyclic amines) is 1. The molecule has 0 aromatic rings. The topological polar surface area (TPSA) is 12.5 Å². The van der Waals surface area contributed by atoms with Gasteiger partial charge in [-0.25, -0.2) is 0 Å². The minimum Gasteiger partial charge on any atom is -0.381 e. The van der Waals surface area contributed by atoms with Crippen LogP contribution in [0, 0.1) is 5.92 Å². The normalized spacial score (nSPS) is 27.6. The quantitative estimate of drug-likeness (QED) is 0.692. The molecule has 0 aliphatic carbocycles. The summed E-state index contributed by atoms with van der Waals surface area (Å²) in [4.78, 5) is 2.61. The summed E-state index contributed by atoms with van der Waals surface area (Å²) in [5, 5.41) is 0. The third kappa shape index (κ3) is 3.25. The van der Waals surface area contributed by atoms with E-state index < -0.39 is 0 Å². The summed E-state index contributed by atoms with van der Waals surface area (Å²) < 4.78 is 5.43. The SMILES string of the molecule is COC1CCCN([C@@H](C)C(C)C)CC1. The maximum Gasteiger partial charge on any atom is 0.0584 e. The lowest BCUT2D eigenvalue weighted by Gasteiger charge is -2.30. The highest BCUT2D eigenvalue weighted by Crippen LogP contribution is 2.18. The number of hydrogen-bond donors (Lipinski definition) is 0. The van der Waals surface area contributed by atoms with E-state index in [0.717, 1.165) is 5.92 Å². The van der Waals surface area contributed by atoms with E-state index >= 15 is 0 Å². The summed E-state index contributed by atoms with van der Waals surface area (Å²) in [6, 6.07) is 0.714. The van der Waals surface area contributed by atoms with Gasteiger partial charge >= 0.3 is 0 Å². The molecule has 1 rings (SSSR count). The molecule has 0 saturated carbocycles. The van der Waals surface area contributed by atoms with E-state index in [2.05, 4.69) is 25.7 Å². The van der Waals surface area contributed by atoms with Crippen LogP contribution in [0.25, 0.3) is 0 Å². The van der Waals surface area contributed by atoms with Gasteiger partial charge in [0, 0.05) is 19.7 Å². The molecule has 1 aliphatic rings. The van der Waals surface area contributed by atoms with Gasteiger partial charge in [-0.3, -0.25) is 0 Å². The zero-order chi connectivity index (χ0) is 10.6. The first-order valence-electron chi connectivity index (χ1n) is 5.92. The van der Waals surface area contributed by atoms with Crippen molar-refractivity contribution in [1.82, 2.24) is 4.90 Å². The Balaban J connectivity index is 2.41. The average Bonchev–Trinajstić information content (AvgIpc) is 2.41. The fourth-order valence-corrected chi connectivity index (χ4v) is 2.15. The van der Waals surface area contributed by atoms with Gasteiger partial charge in [0.1, 0.15) is 0 Å². The summed E-state index contributed by atoms with van der Waals surface area (Å²) in [5.74, 6) is 0.758. The van der Waals surface area contributed by atoms with Crippen molar-refractivity contribution in [3.05, 3.63) is 0 Å². The van der Waals surface area contributed by atoms with Crippen molar-refractivity contribution in [3.63, 3.8) is 0 Å². The molecule has 0 aromatic carbocycles. The Morgan fingerprint density at radius 1 is 1.14 bits per heavy atom. The van der Waals surface area contributed by atoms with Gasteiger partial charge in [-0.1, -0.05) is 13.8 Å². The van der Waals surface area contributed by atoms with Gasteiger partial charge < -0.3 is 9.64 Å². The number of nitrogens with zero attached hydrogens (tertiary/aromatic N) is 1. The van der Waals surface area contributed by atoms with Crippen molar-refractivity contribution in [2.75, 3.05) is 20.2 Å². The molecule has 2 heteroatoms. The molecule has 0 spiro atoms. The van der Waals surface area contributed by atoms with Gasteiger partial charge in [0.2, 0.25) is 0 Å². The Kier molecular flexibility index (Phi) is 4.90. The van der Waals surface area contributed by atoms with Gasteiger partial charge in [0.15, 0.2) is 0 Å². The van der Waals surface area contributed by atoms with E-state index in [1.165, 1.54) is 32.4 Å². The van der Waals surface area contributed by atoms with Crippen molar-refractivity contribution in [2.45, 2.75) is 52.2 Å². The average molecular weight is 199 g/mol. The predicted molar refractivity (Wildman–Crippen MR) is 60.5 cm³/mol. The van der Waals surface area contributed by atoms with Crippen LogP contribution >= 0.6 is 0 Å². The minimum absolute atomic E-state index is 0.499. The number of methoxy groups -OCH3 is 1. The Bertz CT molecular complexity index is 158. The summed E-state index contributed by atoms with van der Waals surface area (Å²) in [6.45, 7) is 9.42. The van der Waals surface area contributed by atoms with E-state index in [1.807, 2.05) is 7.11 Å². The smallest absolute Gasteiger partial charge is 0.0584 e. The monoisotopic (exact) mass is 199 g/mol. The van der Waals surface area contributed by atoms with Gasteiger partial charge in [0.25, 0.3) is 0 Å². The molecule has 1 fully saturated rings. The summed E-state index contributed by atoms with van der Waals surface area (Å²) in [7, 11) is 1.84. The first kappa shape index (κ1) is 12.0. The number of rotatable bonds is 3. The van der Waals surface area contributed by atoms with Crippen molar-refractivity contribution >= 4 is 0 Å². The summed E-state index contributed by atoms with van der Waals surface area (Å²) in [6.07, 6.45) is 4.22. The molecular weight excluding hydrogens is 174 g/mol. The molecule has 1 unspecified atom stereocenters. The number of ether oxygens (including phenoxy) is 1. The third-order valence-electron chi connectivity index (χ3n) is 3.58. The molecular formula is C12H25NO. The van der Waals surface area contributed by atoms with Gasteiger partial charge in [0.05, 0.1) is 6.10 Å². The second kappa shape index (κ2) is 5.72. The fraction of sp³-hybridized carbons (Fsp3) is 1.00. The first-order valence-corrected chi connectivity index (χ1v) is 5.92. The Labute approximate surface area is 88.6 Å². The van der Waals surface area contributed by atoms with E-state index in [1.54, 1.807) is 0 Å². The molecule has 2 nitrogen and oxygen atoms in total. The van der Waals surface area contributed by atoms with E-state index in [0.29, 0.717) is 12.1 Å². The van der Waals surface area contributed by atoms with Crippen LogP contribution < -0.4 is 0 Å². The van der Waals surface area contributed by atoms with Gasteiger partial charge in [-0.05, 0) is 38.6 Å². The van der Waals surface area contributed by atoms with Crippen molar-refractivity contribution < 1.29 is 4.74 Å². The standard InChI is InChI=1S/C12H25NO/c1-10(2)11(3)13-8-5-6-12(14-4)7-9-13/h10-12H,5-9H2,1-4H3/t11-,12?/m0/s1. The number of hydrogen-bond acceptors (Lipinski definition) is 2. The minimum atomic E-state index is 0.499. The highest BCUT2D eigenvalue weighted by atomic mass is 16.5. The van der Waals surface area contributed by atoms with E-state index in [4.69, 9.17) is 4.74 Å². The lowest BCUT2D eigenvalue weighted by atomic mass is 10.0. The molecule has 84 valence electrons. The lowest BCUT2D eigenvalue weighted by Crippen LogP contribution is -2.37. The van der Waals surface area contributed by atoms with Crippen LogP contribution in [0.5, 0.6) is 0 Å². The fourth-order valence-electron chi connectivity index (χ4n) is 2.15. The second-order valence-electron chi connectivity index (χ2n) is 4.81. The Hall–Kier alpha value is -0.0800. The largest absolute Gasteiger partial charge is 0.381 e. The molecule has 1 heterocycles. The first-order chi connectivity index (χ1) is 6.65. The lowest BCUT2D eigenvalue weighted by molar-refractivity contribution is 0.0863. The molecule has 0 bridgehead atoms. The van der Waals surface area contributed by atoms with Crippen LogP contribution in [0.1, 0.15) is 40.0 Å². The highest BCUT2D eigenvalue weighted by molar-refractivity contribution is 4.75. The van der Waals surface area contributed by atoms with Crippen molar-refractivity contribution in [2.24, 2.45) is 5.92 Å². The zero-order valence-corrected chi connectivity index (χ0v) is 10.1. The highest BCUT2D eigenvalue weighted by Gasteiger charge is 2.21. The molecule has 0 radical (unpaired) electrons.